The van der Waals surface area contributed by atoms with Gasteiger partial charge in [-0.2, -0.15) is 5.26 Å². The first kappa shape index (κ1) is 23.6. The third-order valence-corrected chi connectivity index (χ3v) is 8.68. The van der Waals surface area contributed by atoms with Crippen LogP contribution in [0.1, 0.15) is 56.2 Å². The van der Waals surface area contributed by atoms with Gasteiger partial charge in [-0.3, -0.25) is 9.78 Å². The van der Waals surface area contributed by atoms with Crippen molar-refractivity contribution >= 4 is 22.5 Å². The number of ether oxygens (including phenoxy) is 1. The van der Waals surface area contributed by atoms with Crippen LogP contribution in [0.2, 0.25) is 0 Å². The number of nitriles is 1. The molecule has 38 heavy (non-hydrogen) atoms. The molecule has 3 atom stereocenters. The SMILES string of the molecule is CCOC1CC1C(=O)N1CCN(c2nc(C3CC3)c(-c3cccc4cnccc34)cc2C#N)C[C@H]1C1CC1. The topological polar surface area (TPSA) is 82.3 Å². The molecule has 1 amide bonds. The van der Waals surface area contributed by atoms with Crippen LogP contribution < -0.4 is 4.90 Å². The lowest BCUT2D eigenvalue weighted by molar-refractivity contribution is -0.136. The molecule has 7 rings (SSSR count). The predicted octanol–water partition coefficient (Wildman–Crippen LogP) is 4.90. The van der Waals surface area contributed by atoms with E-state index in [1.807, 2.05) is 25.4 Å². The summed E-state index contributed by atoms with van der Waals surface area (Å²) in [6.07, 6.45) is 9.26. The van der Waals surface area contributed by atoms with Gasteiger partial charge in [0.25, 0.3) is 0 Å². The summed E-state index contributed by atoms with van der Waals surface area (Å²) in [5, 5.41) is 12.5. The zero-order valence-corrected chi connectivity index (χ0v) is 21.8. The molecular formula is C31H33N5O2. The van der Waals surface area contributed by atoms with Crippen molar-refractivity contribution in [3.63, 3.8) is 0 Å². The summed E-state index contributed by atoms with van der Waals surface area (Å²) in [6.45, 7) is 4.77. The number of hydrogen-bond acceptors (Lipinski definition) is 6. The van der Waals surface area contributed by atoms with E-state index < -0.39 is 0 Å². The highest BCUT2D eigenvalue weighted by molar-refractivity contribution is 5.97. The summed E-state index contributed by atoms with van der Waals surface area (Å²) >= 11 is 0. The maximum atomic E-state index is 13.4. The summed E-state index contributed by atoms with van der Waals surface area (Å²) in [5.41, 5.74) is 3.89. The minimum Gasteiger partial charge on any atom is -0.378 e. The fourth-order valence-corrected chi connectivity index (χ4v) is 6.29. The molecule has 2 unspecified atom stereocenters. The van der Waals surface area contributed by atoms with E-state index in [1.54, 1.807) is 0 Å². The second-order valence-electron chi connectivity index (χ2n) is 11.3. The van der Waals surface area contributed by atoms with Crippen LogP contribution in [-0.2, 0) is 9.53 Å². The molecule has 2 aromatic heterocycles. The van der Waals surface area contributed by atoms with Crippen molar-refractivity contribution in [3.8, 4) is 17.2 Å². The van der Waals surface area contributed by atoms with E-state index in [9.17, 15) is 10.1 Å². The molecule has 3 heterocycles. The monoisotopic (exact) mass is 507 g/mol. The second kappa shape index (κ2) is 9.36. The third-order valence-electron chi connectivity index (χ3n) is 8.68. The fourth-order valence-electron chi connectivity index (χ4n) is 6.29. The highest BCUT2D eigenvalue weighted by Crippen LogP contribution is 2.47. The van der Waals surface area contributed by atoms with Gasteiger partial charge in [0.05, 0.1) is 29.3 Å². The number of nitrogens with zero attached hydrogens (tertiary/aromatic N) is 5. The average Bonchev–Trinajstić information content (AvgIpc) is 3.81. The van der Waals surface area contributed by atoms with Gasteiger partial charge in [0.15, 0.2) is 0 Å². The molecule has 1 aliphatic heterocycles. The van der Waals surface area contributed by atoms with Crippen molar-refractivity contribution in [1.82, 2.24) is 14.9 Å². The van der Waals surface area contributed by atoms with Crippen LogP contribution in [0.5, 0.6) is 0 Å². The summed E-state index contributed by atoms with van der Waals surface area (Å²) in [4.78, 5) is 27.3. The smallest absolute Gasteiger partial charge is 0.228 e. The van der Waals surface area contributed by atoms with Gasteiger partial charge in [-0.15, -0.1) is 0 Å². The molecule has 1 aromatic carbocycles. The Hall–Kier alpha value is -3.50. The van der Waals surface area contributed by atoms with E-state index in [-0.39, 0.29) is 24.0 Å². The van der Waals surface area contributed by atoms with E-state index in [4.69, 9.17) is 9.72 Å². The van der Waals surface area contributed by atoms with E-state index in [2.05, 4.69) is 45.1 Å². The Labute approximate surface area is 223 Å². The van der Waals surface area contributed by atoms with Crippen molar-refractivity contribution in [2.45, 2.75) is 57.1 Å². The summed E-state index contributed by atoms with van der Waals surface area (Å²) in [6, 6.07) is 13.0. The van der Waals surface area contributed by atoms with Crippen LogP contribution in [-0.4, -0.2) is 59.2 Å². The van der Waals surface area contributed by atoms with Crippen LogP contribution in [0.4, 0.5) is 5.82 Å². The fraction of sp³-hybridized carbons (Fsp3) is 0.484. The standard InChI is InChI=1S/C31H33N5O2/c1-2-38-28-15-26(28)31(37)36-13-12-35(18-27(36)19-6-7-19)30-22(16-32)14-25(29(34-30)20-8-9-20)24-5-3-4-21-17-33-11-10-23(21)24/h3-5,10-11,14,17,19-20,26-28H,2,6-9,12-13,15,18H2,1H3/t26?,27-,28?/m0/s1. The number of rotatable bonds is 7. The first-order valence-corrected chi connectivity index (χ1v) is 14.1. The number of hydrogen-bond donors (Lipinski definition) is 0. The summed E-state index contributed by atoms with van der Waals surface area (Å²) < 4.78 is 5.72. The molecule has 3 saturated carbocycles. The van der Waals surface area contributed by atoms with Crippen LogP contribution in [0.3, 0.4) is 0 Å². The van der Waals surface area contributed by atoms with Gasteiger partial charge in [-0.1, -0.05) is 18.2 Å². The highest BCUT2D eigenvalue weighted by Gasteiger charge is 2.50. The Kier molecular flexibility index (Phi) is 5.81. The molecule has 4 aliphatic rings. The Morgan fingerprint density at radius 2 is 2.03 bits per heavy atom. The van der Waals surface area contributed by atoms with Crippen LogP contribution in [0, 0.1) is 23.2 Å². The van der Waals surface area contributed by atoms with Crippen molar-refractivity contribution in [1.29, 1.82) is 5.26 Å². The number of amides is 1. The Morgan fingerprint density at radius 3 is 2.79 bits per heavy atom. The Balaban J connectivity index is 1.22. The van der Waals surface area contributed by atoms with Gasteiger partial charge in [-0.05, 0) is 68.0 Å². The number of benzene rings is 1. The Morgan fingerprint density at radius 1 is 1.16 bits per heavy atom. The van der Waals surface area contributed by atoms with Gasteiger partial charge in [0, 0.05) is 55.5 Å². The molecule has 3 aliphatic carbocycles. The largest absolute Gasteiger partial charge is 0.378 e. The average molecular weight is 508 g/mol. The number of pyridine rings is 2. The Bertz CT molecular complexity index is 1430. The first-order valence-electron chi connectivity index (χ1n) is 14.1. The second-order valence-corrected chi connectivity index (χ2v) is 11.3. The first-order chi connectivity index (χ1) is 18.7. The lowest BCUT2D eigenvalue weighted by Crippen LogP contribution is -2.57. The number of aromatic nitrogens is 2. The molecule has 0 spiro atoms. The number of carbonyl (C=O) groups excluding carboxylic acids is 1. The number of fused-ring (bicyclic) bond motifs is 1. The minimum atomic E-state index is 0.0205. The van der Waals surface area contributed by atoms with E-state index in [0.29, 0.717) is 37.1 Å². The van der Waals surface area contributed by atoms with E-state index >= 15 is 0 Å². The van der Waals surface area contributed by atoms with Crippen molar-refractivity contribution < 1.29 is 9.53 Å². The van der Waals surface area contributed by atoms with Gasteiger partial charge < -0.3 is 14.5 Å². The molecule has 4 fully saturated rings. The molecule has 7 heteroatoms. The lowest BCUT2D eigenvalue weighted by Gasteiger charge is -2.43. The van der Waals surface area contributed by atoms with Crippen LogP contribution >= 0.6 is 0 Å². The highest BCUT2D eigenvalue weighted by atomic mass is 16.5. The number of carbonyl (C=O) groups is 1. The van der Waals surface area contributed by atoms with E-state index in [1.165, 1.54) is 12.8 Å². The summed E-state index contributed by atoms with van der Waals surface area (Å²) in [7, 11) is 0. The molecule has 0 N–H and O–H groups in total. The quantitative estimate of drug-likeness (QED) is 0.453. The molecule has 7 nitrogen and oxygen atoms in total. The molecule has 3 aromatic rings. The van der Waals surface area contributed by atoms with Gasteiger partial charge in [0.1, 0.15) is 11.9 Å². The molecule has 0 bridgehead atoms. The molecular weight excluding hydrogens is 474 g/mol. The zero-order valence-electron chi connectivity index (χ0n) is 21.8. The maximum Gasteiger partial charge on any atom is 0.228 e. The lowest BCUT2D eigenvalue weighted by atomic mass is 9.95. The van der Waals surface area contributed by atoms with Gasteiger partial charge in [0.2, 0.25) is 5.91 Å². The minimum absolute atomic E-state index is 0.0205. The summed E-state index contributed by atoms with van der Waals surface area (Å²) in [5.74, 6) is 2.04. The van der Waals surface area contributed by atoms with Gasteiger partial charge >= 0.3 is 0 Å². The normalized spacial score (nSPS) is 24.9. The van der Waals surface area contributed by atoms with E-state index in [0.717, 1.165) is 59.2 Å². The van der Waals surface area contributed by atoms with Gasteiger partial charge in [-0.25, -0.2) is 4.98 Å². The van der Waals surface area contributed by atoms with Crippen LogP contribution in [0.15, 0.2) is 42.7 Å². The molecule has 0 radical (unpaired) electrons. The van der Waals surface area contributed by atoms with Crippen LogP contribution in [0.25, 0.3) is 21.9 Å². The molecule has 194 valence electrons. The van der Waals surface area contributed by atoms with Crippen molar-refractivity contribution in [2.75, 3.05) is 31.1 Å². The van der Waals surface area contributed by atoms with Crippen molar-refractivity contribution in [3.05, 3.63) is 54.0 Å². The maximum absolute atomic E-state index is 13.4. The predicted molar refractivity (Wildman–Crippen MR) is 146 cm³/mol. The zero-order chi connectivity index (χ0) is 25.8. The number of anilines is 1. The third kappa shape index (κ3) is 4.21. The molecule has 1 saturated heterocycles. The number of piperazine rings is 1. The van der Waals surface area contributed by atoms with Crippen molar-refractivity contribution in [2.24, 2.45) is 11.8 Å².